The first-order chi connectivity index (χ1) is 9.83. The van der Waals surface area contributed by atoms with Crippen molar-refractivity contribution in [1.29, 1.82) is 0 Å². The zero-order chi connectivity index (χ0) is 15.6. The predicted molar refractivity (Wildman–Crippen MR) is 86.1 cm³/mol. The number of sulfonamides is 1. The number of rotatable bonds is 4. The van der Waals surface area contributed by atoms with Crippen molar-refractivity contribution in [2.24, 2.45) is 0 Å². The molecule has 9 heteroatoms. The largest absolute Gasteiger partial charge is 0.372 e. The van der Waals surface area contributed by atoms with E-state index in [1.54, 1.807) is 7.05 Å². The van der Waals surface area contributed by atoms with Gasteiger partial charge in [0.25, 0.3) is 10.0 Å². The van der Waals surface area contributed by atoms with Gasteiger partial charge < -0.3 is 5.32 Å². The molecule has 0 unspecified atom stereocenters. The minimum atomic E-state index is -3.82. The molecule has 0 spiro atoms. The monoisotopic (exact) mass is 365 g/mol. The molecule has 0 saturated heterocycles. The zero-order valence-corrected chi connectivity index (χ0v) is 13.8. The molecule has 112 valence electrons. The van der Waals surface area contributed by atoms with E-state index < -0.39 is 10.0 Å². The third-order valence-electron chi connectivity index (χ3n) is 2.54. The maximum atomic E-state index is 12.2. The van der Waals surface area contributed by atoms with Crippen molar-refractivity contribution < 1.29 is 8.42 Å². The first kappa shape index (κ1) is 16.2. The fourth-order valence-electron chi connectivity index (χ4n) is 1.52. The van der Waals surface area contributed by atoms with Crippen molar-refractivity contribution in [2.45, 2.75) is 4.90 Å². The first-order valence-electron chi connectivity index (χ1n) is 5.64. The summed E-state index contributed by atoms with van der Waals surface area (Å²) in [7, 11) is -2.18. The third kappa shape index (κ3) is 3.71. The van der Waals surface area contributed by atoms with Crippen molar-refractivity contribution in [2.75, 3.05) is 17.1 Å². The van der Waals surface area contributed by atoms with Crippen LogP contribution in [0.4, 0.5) is 11.5 Å². The average molecular weight is 367 g/mol. The van der Waals surface area contributed by atoms with E-state index >= 15 is 0 Å². The van der Waals surface area contributed by atoms with Gasteiger partial charge in [-0.15, -0.1) is 0 Å². The van der Waals surface area contributed by atoms with Crippen molar-refractivity contribution >= 4 is 56.3 Å². The Balaban J connectivity index is 2.33. The summed E-state index contributed by atoms with van der Waals surface area (Å²) < 4.78 is 26.9. The molecule has 2 rings (SSSR count). The van der Waals surface area contributed by atoms with E-state index in [1.165, 1.54) is 30.5 Å². The highest BCUT2D eigenvalue weighted by molar-refractivity contribution is 7.92. The predicted octanol–water partition coefficient (Wildman–Crippen LogP) is 3.88. The van der Waals surface area contributed by atoms with Crippen molar-refractivity contribution in [1.82, 2.24) is 4.98 Å². The normalized spacial score (nSPS) is 11.2. The number of aromatic nitrogens is 1. The summed E-state index contributed by atoms with van der Waals surface area (Å²) >= 11 is 17.6. The molecule has 0 aliphatic rings. The van der Waals surface area contributed by atoms with E-state index in [2.05, 4.69) is 15.0 Å². The van der Waals surface area contributed by atoms with E-state index in [4.69, 9.17) is 34.8 Å². The van der Waals surface area contributed by atoms with Gasteiger partial charge in [-0.3, -0.25) is 4.72 Å². The van der Waals surface area contributed by atoms with Gasteiger partial charge in [0.2, 0.25) is 0 Å². The Morgan fingerprint density at radius 1 is 1.05 bits per heavy atom. The average Bonchev–Trinajstić information content (AvgIpc) is 2.42. The summed E-state index contributed by atoms with van der Waals surface area (Å²) in [4.78, 5) is 3.87. The highest BCUT2D eigenvalue weighted by Crippen LogP contribution is 2.27. The van der Waals surface area contributed by atoms with Gasteiger partial charge in [-0.2, -0.15) is 0 Å². The van der Waals surface area contributed by atoms with E-state index in [0.29, 0.717) is 16.5 Å². The second-order valence-corrected chi connectivity index (χ2v) is 6.89. The van der Waals surface area contributed by atoms with Crippen LogP contribution in [0, 0.1) is 0 Å². The Morgan fingerprint density at radius 2 is 1.76 bits per heavy atom. The van der Waals surface area contributed by atoms with Crippen LogP contribution in [-0.4, -0.2) is 20.4 Å². The summed E-state index contributed by atoms with van der Waals surface area (Å²) in [5.41, 5.74) is 0.290. The van der Waals surface area contributed by atoms with Crippen LogP contribution in [0.2, 0.25) is 15.1 Å². The van der Waals surface area contributed by atoms with Gasteiger partial charge >= 0.3 is 0 Å². The molecule has 1 aromatic carbocycles. The van der Waals surface area contributed by atoms with Gasteiger partial charge in [0, 0.05) is 13.2 Å². The van der Waals surface area contributed by atoms with Crippen molar-refractivity contribution in [3.8, 4) is 0 Å². The fourth-order valence-corrected chi connectivity index (χ4v) is 3.17. The Hall–Kier alpha value is -1.21. The summed E-state index contributed by atoms with van der Waals surface area (Å²) in [5.74, 6) is 0.394. The van der Waals surface area contributed by atoms with Crippen molar-refractivity contribution in [3.05, 3.63) is 45.5 Å². The van der Waals surface area contributed by atoms with Gasteiger partial charge in [0.1, 0.15) is 10.7 Å². The minimum Gasteiger partial charge on any atom is -0.372 e. The van der Waals surface area contributed by atoms with Gasteiger partial charge in [0.05, 0.1) is 20.8 Å². The second kappa shape index (κ2) is 6.27. The lowest BCUT2D eigenvalue weighted by atomic mass is 10.3. The maximum Gasteiger partial charge on any atom is 0.263 e. The maximum absolute atomic E-state index is 12.2. The topological polar surface area (TPSA) is 71.1 Å². The van der Waals surface area contributed by atoms with Gasteiger partial charge in [-0.25, -0.2) is 13.4 Å². The Morgan fingerprint density at radius 3 is 2.33 bits per heavy atom. The molecule has 0 amide bonds. The van der Waals surface area contributed by atoms with Crippen LogP contribution in [-0.2, 0) is 10.0 Å². The summed E-state index contributed by atoms with van der Waals surface area (Å²) in [6.07, 6.45) is 1.21. The highest BCUT2D eigenvalue weighted by atomic mass is 35.5. The lowest BCUT2D eigenvalue weighted by Gasteiger charge is -2.10. The number of nitrogens with one attached hydrogen (secondary N) is 2. The van der Waals surface area contributed by atoms with Crippen LogP contribution in [0.1, 0.15) is 0 Å². The summed E-state index contributed by atoms with van der Waals surface area (Å²) in [6.45, 7) is 0. The molecular weight excluding hydrogens is 357 g/mol. The van der Waals surface area contributed by atoms with Crippen LogP contribution in [0.15, 0.2) is 35.4 Å². The number of nitrogens with zero attached hydrogens (tertiary/aromatic N) is 1. The molecule has 2 aromatic rings. The quantitative estimate of drug-likeness (QED) is 0.861. The van der Waals surface area contributed by atoms with Crippen LogP contribution < -0.4 is 10.0 Å². The van der Waals surface area contributed by atoms with Crippen LogP contribution in [0.5, 0.6) is 0 Å². The van der Waals surface area contributed by atoms with Crippen molar-refractivity contribution in [3.63, 3.8) is 0 Å². The van der Waals surface area contributed by atoms with Crippen LogP contribution >= 0.6 is 34.8 Å². The highest BCUT2D eigenvalue weighted by Gasteiger charge is 2.17. The molecule has 0 atom stereocenters. The first-order valence-corrected chi connectivity index (χ1v) is 8.26. The van der Waals surface area contributed by atoms with Gasteiger partial charge in [-0.05, 0) is 24.3 Å². The number of hydrogen-bond donors (Lipinski definition) is 2. The van der Waals surface area contributed by atoms with E-state index in [9.17, 15) is 8.42 Å². The summed E-state index contributed by atoms with van der Waals surface area (Å²) in [6, 6.07) is 5.72. The Kier molecular flexibility index (Phi) is 4.83. The van der Waals surface area contributed by atoms with Gasteiger partial charge in [-0.1, -0.05) is 34.8 Å². The number of hydrogen-bond acceptors (Lipinski definition) is 4. The number of halogens is 3. The van der Waals surface area contributed by atoms with Crippen LogP contribution in [0.3, 0.4) is 0 Å². The lowest BCUT2D eigenvalue weighted by Crippen LogP contribution is -2.13. The molecule has 0 bridgehead atoms. The summed E-state index contributed by atoms with van der Waals surface area (Å²) in [5, 5.41) is 3.53. The zero-order valence-electron chi connectivity index (χ0n) is 10.7. The molecule has 1 heterocycles. The van der Waals surface area contributed by atoms with E-state index in [1.807, 2.05) is 0 Å². The third-order valence-corrected chi connectivity index (χ3v) is 4.91. The SMILES string of the molecule is CNc1ncc(S(=O)(=O)Nc2ccc(Cl)c(Cl)c2)cc1Cl. The number of benzene rings is 1. The smallest absolute Gasteiger partial charge is 0.263 e. The standard InChI is InChI=1S/C12H10Cl3N3O2S/c1-16-12-11(15)5-8(6-17-12)21(19,20)18-7-2-3-9(13)10(14)4-7/h2-6,18H,1H3,(H,16,17). The number of anilines is 2. The molecule has 0 fully saturated rings. The molecule has 1 aromatic heterocycles. The van der Waals surface area contributed by atoms with E-state index in [-0.39, 0.29) is 14.9 Å². The molecule has 21 heavy (non-hydrogen) atoms. The van der Waals surface area contributed by atoms with E-state index in [0.717, 1.165) is 0 Å². The second-order valence-electron chi connectivity index (χ2n) is 3.99. The molecule has 0 aliphatic heterocycles. The Bertz CT molecular complexity index is 781. The number of pyridine rings is 1. The molecule has 5 nitrogen and oxygen atoms in total. The molecule has 0 radical (unpaired) electrons. The Labute approximate surface area is 137 Å². The molecular formula is C12H10Cl3N3O2S. The molecule has 0 saturated carbocycles. The molecule has 0 aliphatic carbocycles. The molecule has 2 N–H and O–H groups in total. The lowest BCUT2D eigenvalue weighted by molar-refractivity contribution is 0.601. The van der Waals surface area contributed by atoms with Gasteiger partial charge in [0.15, 0.2) is 0 Å². The fraction of sp³-hybridized carbons (Fsp3) is 0.0833. The minimum absolute atomic E-state index is 0.0578. The van der Waals surface area contributed by atoms with Crippen LogP contribution in [0.25, 0.3) is 0 Å².